The van der Waals surface area contributed by atoms with Gasteiger partial charge in [0.25, 0.3) is 0 Å². The summed E-state index contributed by atoms with van der Waals surface area (Å²) in [6, 6.07) is 3.29. The zero-order valence-corrected chi connectivity index (χ0v) is 23.3. The van der Waals surface area contributed by atoms with E-state index in [2.05, 4.69) is 5.32 Å². The molecule has 2 bridgehead atoms. The van der Waals surface area contributed by atoms with Crippen LogP contribution >= 0.6 is 0 Å². The first-order valence-corrected chi connectivity index (χ1v) is 13.7. The van der Waals surface area contributed by atoms with Gasteiger partial charge < -0.3 is 29.5 Å². The number of carbonyl (C=O) groups is 3. The second kappa shape index (κ2) is 10.9. The molecule has 1 saturated carbocycles. The number of fused-ring (bicyclic) bond motifs is 5. The van der Waals surface area contributed by atoms with E-state index in [-0.39, 0.29) is 30.9 Å². The quantitative estimate of drug-likeness (QED) is 0.569. The molecule has 214 valence electrons. The molecular weight excluding hydrogens is 516 g/mol. The molecule has 0 unspecified atom stereocenters. The number of hydrogen-bond acceptors (Lipinski definition) is 8. The van der Waals surface area contributed by atoms with Crippen molar-refractivity contribution in [3.05, 3.63) is 30.0 Å². The van der Waals surface area contributed by atoms with E-state index in [1.54, 1.807) is 13.2 Å². The zero-order valence-electron chi connectivity index (χ0n) is 23.3. The fraction of sp³-hybridized carbons (Fsp3) is 0.552. The summed E-state index contributed by atoms with van der Waals surface area (Å²) in [6.07, 6.45) is 5.88. The molecule has 11 heteroatoms. The molecule has 1 saturated heterocycles. The number of nitrogens with one attached hydrogen (secondary N) is 1. The van der Waals surface area contributed by atoms with Crippen LogP contribution in [0, 0.1) is 11.3 Å². The Hall–Kier alpha value is -3.89. The minimum atomic E-state index is -1.14. The summed E-state index contributed by atoms with van der Waals surface area (Å²) in [5, 5.41) is 12.7. The van der Waals surface area contributed by atoms with Gasteiger partial charge in [0, 0.05) is 12.5 Å². The van der Waals surface area contributed by atoms with Crippen molar-refractivity contribution >= 4 is 35.1 Å². The molecule has 1 aliphatic carbocycles. The lowest BCUT2D eigenvalue weighted by Crippen LogP contribution is -2.57. The molecule has 3 aliphatic rings. The molecule has 11 nitrogen and oxygen atoms in total. The van der Waals surface area contributed by atoms with E-state index in [1.807, 2.05) is 45.1 Å². The summed E-state index contributed by atoms with van der Waals surface area (Å²) in [6.45, 7) is 5.47. The number of allylic oxidation sites excluding steroid dienone is 1. The molecule has 5 rings (SSSR count). The van der Waals surface area contributed by atoms with Gasteiger partial charge in [0.15, 0.2) is 0 Å². The Balaban J connectivity index is 1.50. The molecule has 1 aromatic heterocycles. The number of carbonyl (C=O) groups excluding carboxylic acids is 2. The molecule has 0 radical (unpaired) electrons. The van der Waals surface area contributed by atoms with Crippen LogP contribution < -0.4 is 14.8 Å². The molecule has 2 N–H and O–H groups in total. The molecular formula is C29H36N4O7. The van der Waals surface area contributed by atoms with Gasteiger partial charge in [-0.15, -0.1) is 0 Å². The average molecular weight is 553 g/mol. The largest absolute Gasteiger partial charge is 0.497 e. The normalized spacial score (nSPS) is 28.2. The number of rotatable bonds is 2. The van der Waals surface area contributed by atoms with Crippen molar-refractivity contribution in [1.82, 2.24) is 20.2 Å². The first-order chi connectivity index (χ1) is 19.0. The van der Waals surface area contributed by atoms with Crippen LogP contribution in [0.25, 0.3) is 17.1 Å². The number of carboxylic acid groups (broad SMARTS) is 1. The van der Waals surface area contributed by atoms with Gasteiger partial charge in [-0.3, -0.25) is 4.79 Å². The van der Waals surface area contributed by atoms with Crippen LogP contribution in [0.15, 0.2) is 24.3 Å². The number of aromatic nitrogens is 2. The maximum Gasteiger partial charge on any atom is 0.408 e. The van der Waals surface area contributed by atoms with Crippen molar-refractivity contribution in [3.63, 3.8) is 0 Å². The number of methoxy groups -OCH3 is 1. The molecule has 2 aromatic rings. The summed E-state index contributed by atoms with van der Waals surface area (Å²) in [7, 11) is 1.57. The van der Waals surface area contributed by atoms with Crippen LogP contribution in [0.3, 0.4) is 0 Å². The third kappa shape index (κ3) is 5.97. The number of alkyl carbamates (subject to hydrolysis) is 1. The highest BCUT2D eigenvalue weighted by Crippen LogP contribution is 2.38. The van der Waals surface area contributed by atoms with Crippen molar-refractivity contribution in [2.24, 2.45) is 11.3 Å². The maximum atomic E-state index is 13.8. The summed E-state index contributed by atoms with van der Waals surface area (Å²) < 4.78 is 17.2. The zero-order chi connectivity index (χ0) is 28.6. The standard InChI is InChI=1S/C29H36N4O7/c1-29(2,3)24-26(34)33-15-18(14-22(33)27(35)36)39-25-20(30-19-11-10-17(38-4)13-21(19)31-25)9-7-5-6-8-16-12-23(16)40-28(37)32-24/h7,9-11,13,16,18,22-24H,5-6,8,12,14-15H2,1-4H3,(H,32,37)(H,35,36)/b9-7+/t16-,18-,22+,23-,24-/m1/s1. The van der Waals surface area contributed by atoms with E-state index in [0.29, 0.717) is 22.5 Å². The summed E-state index contributed by atoms with van der Waals surface area (Å²) >= 11 is 0. The molecule has 0 spiro atoms. The number of carboxylic acids is 1. The Morgan fingerprint density at radius 1 is 1.15 bits per heavy atom. The monoisotopic (exact) mass is 552 g/mol. The van der Waals surface area contributed by atoms with Crippen LogP contribution in [0.1, 0.15) is 58.6 Å². The van der Waals surface area contributed by atoms with Gasteiger partial charge in [0.1, 0.15) is 35.7 Å². The lowest BCUT2D eigenvalue weighted by atomic mass is 9.85. The molecule has 5 atom stereocenters. The first kappa shape index (κ1) is 27.7. The van der Waals surface area contributed by atoms with Crippen molar-refractivity contribution in [1.29, 1.82) is 0 Å². The Bertz CT molecular complexity index is 1340. The van der Waals surface area contributed by atoms with Crippen LogP contribution in [0.4, 0.5) is 4.79 Å². The van der Waals surface area contributed by atoms with Crippen molar-refractivity contribution in [2.75, 3.05) is 13.7 Å². The Labute approximate surface area is 232 Å². The number of aliphatic carboxylic acids is 1. The summed E-state index contributed by atoms with van der Waals surface area (Å²) in [4.78, 5) is 49.5. The molecule has 40 heavy (non-hydrogen) atoms. The van der Waals surface area contributed by atoms with E-state index in [9.17, 15) is 19.5 Å². The van der Waals surface area contributed by atoms with Gasteiger partial charge in [0.05, 0.1) is 24.7 Å². The van der Waals surface area contributed by atoms with Gasteiger partial charge >= 0.3 is 12.1 Å². The van der Waals surface area contributed by atoms with Crippen molar-refractivity contribution in [2.45, 2.75) is 77.2 Å². The number of nitrogens with zero attached hydrogens (tertiary/aromatic N) is 3. The van der Waals surface area contributed by atoms with Gasteiger partial charge in [0.2, 0.25) is 11.8 Å². The lowest BCUT2D eigenvalue weighted by Gasteiger charge is -2.34. The highest BCUT2D eigenvalue weighted by Gasteiger charge is 2.47. The first-order valence-electron chi connectivity index (χ1n) is 13.7. The maximum absolute atomic E-state index is 13.8. The number of amides is 2. The van der Waals surface area contributed by atoms with Crippen molar-refractivity contribution in [3.8, 4) is 11.6 Å². The predicted octanol–water partition coefficient (Wildman–Crippen LogP) is 3.80. The van der Waals surface area contributed by atoms with Crippen LogP contribution in [0.2, 0.25) is 0 Å². The van der Waals surface area contributed by atoms with Gasteiger partial charge in [-0.05, 0) is 55.2 Å². The number of hydrogen-bond donors (Lipinski definition) is 2. The van der Waals surface area contributed by atoms with E-state index in [1.165, 1.54) is 4.90 Å². The number of benzene rings is 1. The van der Waals surface area contributed by atoms with Gasteiger partial charge in [-0.1, -0.05) is 26.8 Å². The molecule has 2 aliphatic heterocycles. The predicted molar refractivity (Wildman–Crippen MR) is 146 cm³/mol. The third-order valence-corrected chi connectivity index (χ3v) is 7.69. The van der Waals surface area contributed by atoms with Crippen LogP contribution in [-0.4, -0.2) is 75.9 Å². The highest BCUT2D eigenvalue weighted by molar-refractivity contribution is 5.90. The lowest BCUT2D eigenvalue weighted by molar-refractivity contribution is -0.150. The Morgan fingerprint density at radius 3 is 2.67 bits per heavy atom. The smallest absolute Gasteiger partial charge is 0.408 e. The molecule has 2 amide bonds. The van der Waals surface area contributed by atoms with Gasteiger partial charge in [-0.25, -0.2) is 19.6 Å². The topological polar surface area (TPSA) is 140 Å². The van der Waals surface area contributed by atoms with E-state index < -0.39 is 41.6 Å². The van der Waals surface area contributed by atoms with Crippen LogP contribution in [-0.2, 0) is 14.3 Å². The number of ether oxygens (including phenoxy) is 3. The summed E-state index contributed by atoms with van der Waals surface area (Å²) in [5.74, 6) is -0.467. The minimum Gasteiger partial charge on any atom is -0.497 e. The minimum absolute atomic E-state index is 0.0186. The highest BCUT2D eigenvalue weighted by atomic mass is 16.6. The second-order valence-corrected chi connectivity index (χ2v) is 11.8. The summed E-state index contributed by atoms with van der Waals surface area (Å²) in [5.41, 5.74) is 1.08. The van der Waals surface area contributed by atoms with E-state index in [0.717, 1.165) is 25.7 Å². The van der Waals surface area contributed by atoms with Gasteiger partial charge in [-0.2, -0.15) is 0 Å². The Kier molecular flexibility index (Phi) is 7.57. The molecule has 1 aromatic carbocycles. The van der Waals surface area contributed by atoms with Crippen LogP contribution in [0.5, 0.6) is 11.6 Å². The van der Waals surface area contributed by atoms with Crippen molar-refractivity contribution < 1.29 is 33.7 Å². The fourth-order valence-electron chi connectivity index (χ4n) is 5.34. The fourth-order valence-corrected chi connectivity index (χ4v) is 5.34. The second-order valence-electron chi connectivity index (χ2n) is 11.8. The molecule has 3 heterocycles. The average Bonchev–Trinajstić information content (AvgIpc) is 3.48. The van der Waals surface area contributed by atoms with E-state index >= 15 is 0 Å². The SMILES string of the molecule is COc1ccc2nc3c(nc2c1)O[C@@H]1C[C@@H](C(=O)O)N(C1)C(=O)[C@H](C(C)(C)C)NC(=O)O[C@@H]1C[C@H]1CCC/C=C/3. The van der Waals surface area contributed by atoms with E-state index in [4.69, 9.17) is 24.2 Å². The third-order valence-electron chi connectivity index (χ3n) is 7.69. The Morgan fingerprint density at radius 2 is 1.95 bits per heavy atom. The molecule has 2 fully saturated rings.